The highest BCUT2D eigenvalue weighted by molar-refractivity contribution is 4.49. The normalized spacial score (nSPS) is 11.0. The SMILES string of the molecule is COOCC(COOC)OOC. The van der Waals surface area contributed by atoms with E-state index in [1.54, 1.807) is 0 Å². The first-order chi connectivity index (χ1) is 5.85. The maximum Gasteiger partial charge on any atom is 0.146 e. The van der Waals surface area contributed by atoms with Crippen LogP contribution in [-0.4, -0.2) is 40.6 Å². The van der Waals surface area contributed by atoms with Crippen LogP contribution in [0.5, 0.6) is 0 Å². The van der Waals surface area contributed by atoms with Crippen LogP contribution < -0.4 is 0 Å². The Kier molecular flexibility index (Phi) is 8.68. The zero-order chi connectivity index (χ0) is 9.23. The summed E-state index contributed by atoms with van der Waals surface area (Å²) in [5.74, 6) is 0. The van der Waals surface area contributed by atoms with E-state index in [1.165, 1.54) is 21.3 Å². The van der Waals surface area contributed by atoms with Gasteiger partial charge in [-0.05, 0) is 0 Å². The quantitative estimate of drug-likeness (QED) is 0.391. The van der Waals surface area contributed by atoms with Crippen molar-refractivity contribution in [1.29, 1.82) is 0 Å². The third kappa shape index (κ3) is 6.47. The van der Waals surface area contributed by atoms with E-state index in [-0.39, 0.29) is 19.3 Å². The van der Waals surface area contributed by atoms with Crippen LogP contribution in [0.1, 0.15) is 0 Å². The predicted octanol–water partition coefficient (Wildman–Crippen LogP) is 0.0890. The fourth-order valence-corrected chi connectivity index (χ4v) is 0.528. The van der Waals surface area contributed by atoms with Crippen LogP contribution >= 0.6 is 0 Å². The molecule has 0 bridgehead atoms. The standard InChI is InChI=1S/C6H14O6/c1-7-10-4-6(12-9-3)5-11-8-2/h6H,4-5H2,1-3H3. The molecule has 0 aliphatic carbocycles. The average molecular weight is 182 g/mol. The van der Waals surface area contributed by atoms with Crippen molar-refractivity contribution in [2.24, 2.45) is 0 Å². The van der Waals surface area contributed by atoms with E-state index in [2.05, 4.69) is 24.4 Å². The van der Waals surface area contributed by atoms with E-state index in [1.807, 2.05) is 0 Å². The van der Waals surface area contributed by atoms with E-state index in [4.69, 9.17) is 4.89 Å². The molecule has 0 N–H and O–H groups in total. The Bertz CT molecular complexity index is 80.1. The highest BCUT2D eigenvalue weighted by Crippen LogP contribution is 1.95. The van der Waals surface area contributed by atoms with Crippen molar-refractivity contribution in [3.8, 4) is 0 Å². The molecule has 0 rings (SSSR count). The Labute approximate surface area is 71.0 Å². The lowest BCUT2D eigenvalue weighted by molar-refractivity contribution is -0.376. The molecule has 6 nitrogen and oxygen atoms in total. The maximum absolute atomic E-state index is 4.74. The maximum atomic E-state index is 4.74. The van der Waals surface area contributed by atoms with Crippen LogP contribution in [0.15, 0.2) is 0 Å². The second-order valence-electron chi connectivity index (χ2n) is 1.79. The van der Waals surface area contributed by atoms with Crippen LogP contribution in [0, 0.1) is 0 Å². The second kappa shape index (κ2) is 8.85. The summed E-state index contributed by atoms with van der Waals surface area (Å²) in [6.07, 6.45) is -0.380. The van der Waals surface area contributed by atoms with Crippen LogP contribution in [0.25, 0.3) is 0 Å². The van der Waals surface area contributed by atoms with Gasteiger partial charge in [0.15, 0.2) is 0 Å². The summed E-state index contributed by atoms with van der Waals surface area (Å²) >= 11 is 0. The van der Waals surface area contributed by atoms with Crippen LogP contribution in [0.3, 0.4) is 0 Å². The van der Waals surface area contributed by atoms with Crippen molar-refractivity contribution in [3.63, 3.8) is 0 Å². The van der Waals surface area contributed by atoms with E-state index < -0.39 is 0 Å². The molecule has 0 saturated heterocycles. The molecule has 74 valence electrons. The fraction of sp³-hybridized carbons (Fsp3) is 1.00. The Balaban J connectivity index is 3.40. The van der Waals surface area contributed by atoms with Gasteiger partial charge in [-0.15, -0.1) is 0 Å². The van der Waals surface area contributed by atoms with Crippen molar-refractivity contribution in [3.05, 3.63) is 0 Å². The third-order valence-corrected chi connectivity index (χ3v) is 0.976. The molecule has 12 heavy (non-hydrogen) atoms. The molecule has 0 amide bonds. The highest BCUT2D eigenvalue weighted by atomic mass is 17.2. The lowest BCUT2D eigenvalue weighted by atomic mass is 10.4. The lowest BCUT2D eigenvalue weighted by Gasteiger charge is -2.12. The van der Waals surface area contributed by atoms with Gasteiger partial charge < -0.3 is 0 Å². The number of rotatable bonds is 8. The first-order valence-electron chi connectivity index (χ1n) is 3.35. The van der Waals surface area contributed by atoms with Gasteiger partial charge in [-0.2, -0.15) is 0 Å². The van der Waals surface area contributed by atoms with E-state index in [0.29, 0.717) is 0 Å². The minimum atomic E-state index is -0.380. The van der Waals surface area contributed by atoms with Gasteiger partial charge in [-0.3, -0.25) is 0 Å². The minimum Gasteiger partial charge on any atom is -0.240 e. The molecule has 6 heteroatoms. The molecule has 0 aromatic heterocycles. The van der Waals surface area contributed by atoms with Crippen molar-refractivity contribution in [1.82, 2.24) is 0 Å². The molecule has 0 radical (unpaired) electrons. The van der Waals surface area contributed by atoms with Gasteiger partial charge in [0.1, 0.15) is 19.3 Å². The van der Waals surface area contributed by atoms with Gasteiger partial charge in [0.2, 0.25) is 0 Å². The Morgan fingerprint density at radius 3 is 1.67 bits per heavy atom. The van der Waals surface area contributed by atoms with E-state index in [0.717, 1.165) is 0 Å². The monoisotopic (exact) mass is 182 g/mol. The summed E-state index contributed by atoms with van der Waals surface area (Å²) < 4.78 is 0. The van der Waals surface area contributed by atoms with Crippen LogP contribution in [0.2, 0.25) is 0 Å². The third-order valence-electron chi connectivity index (χ3n) is 0.976. The molecule has 0 aromatic rings. The fourth-order valence-electron chi connectivity index (χ4n) is 0.528. The van der Waals surface area contributed by atoms with Gasteiger partial charge in [-0.25, -0.2) is 29.3 Å². The largest absolute Gasteiger partial charge is 0.240 e. The Morgan fingerprint density at radius 2 is 1.33 bits per heavy atom. The molecule has 0 atom stereocenters. The Hall–Kier alpha value is -0.240. The van der Waals surface area contributed by atoms with Crippen molar-refractivity contribution in [2.45, 2.75) is 6.10 Å². The topological polar surface area (TPSA) is 55.4 Å². The van der Waals surface area contributed by atoms with E-state index >= 15 is 0 Å². The second-order valence-corrected chi connectivity index (χ2v) is 1.79. The molecule has 0 aliphatic rings. The van der Waals surface area contributed by atoms with E-state index in [9.17, 15) is 0 Å². The van der Waals surface area contributed by atoms with Crippen LogP contribution in [0.4, 0.5) is 0 Å². The average Bonchev–Trinajstić information content (AvgIpc) is 2.10. The molecule has 0 unspecified atom stereocenters. The molecule has 0 aromatic carbocycles. The van der Waals surface area contributed by atoms with Gasteiger partial charge in [0.25, 0.3) is 0 Å². The van der Waals surface area contributed by atoms with Crippen molar-refractivity contribution < 1.29 is 29.3 Å². The summed E-state index contributed by atoms with van der Waals surface area (Å²) in [4.78, 5) is 27.1. The van der Waals surface area contributed by atoms with Gasteiger partial charge >= 0.3 is 0 Å². The summed E-state index contributed by atoms with van der Waals surface area (Å²) in [6.45, 7) is 0.404. The summed E-state index contributed by atoms with van der Waals surface area (Å²) in [6, 6.07) is 0. The summed E-state index contributed by atoms with van der Waals surface area (Å²) in [5, 5.41) is 0. The molecular formula is C6H14O6. The first-order valence-corrected chi connectivity index (χ1v) is 3.35. The number of hydrogen-bond donors (Lipinski definition) is 0. The molecule has 0 fully saturated rings. The molecule has 0 spiro atoms. The molecular weight excluding hydrogens is 168 g/mol. The van der Waals surface area contributed by atoms with Gasteiger partial charge in [0.05, 0.1) is 21.3 Å². The van der Waals surface area contributed by atoms with Gasteiger partial charge in [0, 0.05) is 0 Å². The minimum absolute atomic E-state index is 0.202. The summed E-state index contributed by atoms with van der Waals surface area (Å²) in [5.41, 5.74) is 0. The van der Waals surface area contributed by atoms with Crippen molar-refractivity contribution >= 4 is 0 Å². The van der Waals surface area contributed by atoms with Crippen LogP contribution in [-0.2, 0) is 29.3 Å². The summed E-state index contributed by atoms with van der Waals surface area (Å²) in [7, 11) is 4.20. The zero-order valence-corrected chi connectivity index (χ0v) is 7.44. The molecule has 0 heterocycles. The lowest BCUT2D eigenvalue weighted by Crippen LogP contribution is -2.25. The number of hydrogen-bond acceptors (Lipinski definition) is 6. The predicted molar refractivity (Wildman–Crippen MR) is 37.8 cm³/mol. The van der Waals surface area contributed by atoms with Gasteiger partial charge in [-0.1, -0.05) is 0 Å². The first kappa shape index (κ1) is 11.8. The highest BCUT2D eigenvalue weighted by Gasteiger charge is 2.11. The zero-order valence-electron chi connectivity index (χ0n) is 7.44. The smallest absolute Gasteiger partial charge is 0.146 e. The Morgan fingerprint density at radius 1 is 0.833 bits per heavy atom. The molecule has 0 aliphatic heterocycles. The molecule has 0 saturated carbocycles. The van der Waals surface area contributed by atoms with Crippen molar-refractivity contribution in [2.75, 3.05) is 34.5 Å².